The third kappa shape index (κ3) is 3.34. The van der Waals surface area contributed by atoms with Crippen LogP contribution in [0.3, 0.4) is 0 Å². The van der Waals surface area contributed by atoms with Crippen LogP contribution in [0, 0.1) is 11.3 Å². The maximum atomic E-state index is 12.6. The van der Waals surface area contributed by atoms with Crippen molar-refractivity contribution in [3.63, 3.8) is 0 Å². The Morgan fingerprint density at radius 2 is 1.83 bits per heavy atom. The molecule has 1 unspecified atom stereocenters. The fraction of sp³-hybridized carbons (Fsp3) is 0.278. The molecule has 3 rings (SSSR count). The van der Waals surface area contributed by atoms with Crippen LogP contribution >= 0.6 is 0 Å². The van der Waals surface area contributed by atoms with E-state index < -0.39 is 10.0 Å². The second-order valence-electron chi connectivity index (χ2n) is 5.83. The zero-order chi connectivity index (χ0) is 17.2. The Morgan fingerprint density at radius 3 is 2.50 bits per heavy atom. The fourth-order valence-electron chi connectivity index (χ4n) is 2.79. The van der Waals surface area contributed by atoms with E-state index in [0.717, 1.165) is 5.56 Å². The van der Waals surface area contributed by atoms with Gasteiger partial charge in [-0.1, -0.05) is 24.3 Å². The molecule has 1 atom stereocenters. The van der Waals surface area contributed by atoms with Gasteiger partial charge in [0.25, 0.3) is 0 Å². The molecule has 0 aromatic heterocycles. The van der Waals surface area contributed by atoms with Crippen molar-refractivity contribution in [2.75, 3.05) is 13.6 Å². The summed E-state index contributed by atoms with van der Waals surface area (Å²) in [5, 5.41) is 8.81. The van der Waals surface area contributed by atoms with Crippen molar-refractivity contribution in [3.8, 4) is 6.07 Å². The molecule has 6 heteroatoms. The highest BCUT2D eigenvalue weighted by atomic mass is 32.2. The average molecular weight is 342 g/mol. The minimum atomic E-state index is -3.60. The maximum absolute atomic E-state index is 12.6. The van der Waals surface area contributed by atoms with Crippen LogP contribution < -0.4 is 0 Å². The predicted octanol–water partition coefficient (Wildman–Crippen LogP) is 2.32. The number of nitriles is 1. The zero-order valence-electron chi connectivity index (χ0n) is 13.3. The second-order valence-corrected chi connectivity index (χ2v) is 7.87. The number of rotatable bonds is 4. The molecule has 0 N–H and O–H groups in total. The van der Waals surface area contributed by atoms with Gasteiger partial charge in [0, 0.05) is 20.0 Å². The molecule has 5 nitrogen and oxygen atoms in total. The molecule has 0 aliphatic carbocycles. The molecule has 0 saturated heterocycles. The summed E-state index contributed by atoms with van der Waals surface area (Å²) in [6.45, 7) is 0.794. The van der Waals surface area contributed by atoms with Gasteiger partial charge in [0.2, 0.25) is 10.0 Å². The molecule has 1 aliphatic heterocycles. The van der Waals surface area contributed by atoms with Gasteiger partial charge in [0.15, 0.2) is 0 Å². The van der Waals surface area contributed by atoms with Crippen LogP contribution in [-0.2, 0) is 27.8 Å². The summed E-state index contributed by atoms with van der Waals surface area (Å²) >= 11 is 0. The average Bonchev–Trinajstić information content (AvgIpc) is 2.61. The minimum Gasteiger partial charge on any atom is -0.372 e. The van der Waals surface area contributed by atoms with E-state index in [2.05, 4.69) is 6.07 Å². The highest BCUT2D eigenvalue weighted by Gasteiger charge is 2.26. The molecule has 2 aromatic rings. The van der Waals surface area contributed by atoms with Crippen LogP contribution in [-0.4, -0.2) is 32.4 Å². The van der Waals surface area contributed by atoms with Gasteiger partial charge in [-0.2, -0.15) is 9.57 Å². The van der Waals surface area contributed by atoms with Crippen LogP contribution in [0.2, 0.25) is 0 Å². The van der Waals surface area contributed by atoms with Gasteiger partial charge in [-0.3, -0.25) is 0 Å². The molecule has 0 bridgehead atoms. The Bertz CT molecular complexity index is 870. The quantitative estimate of drug-likeness (QED) is 0.855. The highest BCUT2D eigenvalue weighted by Crippen LogP contribution is 2.22. The number of likely N-dealkylation sites (N-methyl/N-ethyl adjacent to an activating group) is 1. The van der Waals surface area contributed by atoms with Gasteiger partial charge >= 0.3 is 0 Å². The van der Waals surface area contributed by atoms with Gasteiger partial charge in [-0.25, -0.2) is 8.42 Å². The summed E-state index contributed by atoms with van der Waals surface area (Å²) in [5.74, 6) is 0. The number of hydrogen-bond donors (Lipinski definition) is 0. The monoisotopic (exact) mass is 342 g/mol. The molecule has 1 heterocycles. The second kappa shape index (κ2) is 6.73. The van der Waals surface area contributed by atoms with Crippen molar-refractivity contribution in [2.24, 2.45) is 0 Å². The zero-order valence-corrected chi connectivity index (χ0v) is 14.2. The Balaban J connectivity index is 1.72. The first kappa shape index (κ1) is 16.7. The van der Waals surface area contributed by atoms with Crippen molar-refractivity contribution >= 4 is 10.0 Å². The molecule has 0 amide bonds. The van der Waals surface area contributed by atoms with E-state index in [1.165, 1.54) is 34.1 Å². The first-order valence-electron chi connectivity index (χ1n) is 7.65. The third-order valence-corrected chi connectivity index (χ3v) is 6.03. The van der Waals surface area contributed by atoms with Gasteiger partial charge in [-0.15, -0.1) is 0 Å². The number of fused-ring (bicyclic) bond motifs is 1. The predicted molar refractivity (Wildman–Crippen MR) is 89.7 cm³/mol. The molecule has 0 saturated carbocycles. The number of sulfonamides is 1. The molecular formula is C18H18N2O3S. The Labute approximate surface area is 142 Å². The number of hydrogen-bond acceptors (Lipinski definition) is 4. The molecule has 0 fully saturated rings. The number of benzene rings is 2. The van der Waals surface area contributed by atoms with Crippen molar-refractivity contribution in [2.45, 2.75) is 24.0 Å². The molecular weight excluding hydrogens is 324 g/mol. The van der Waals surface area contributed by atoms with Crippen molar-refractivity contribution < 1.29 is 13.2 Å². The topological polar surface area (TPSA) is 70.4 Å². The van der Waals surface area contributed by atoms with Crippen LogP contribution in [0.15, 0.2) is 53.4 Å². The standard InChI is InChI=1S/C18H18N2O3S/c1-20(24(21,22)18-8-6-14(11-19)7-9-18)12-17-10-15-4-2-3-5-16(15)13-23-17/h2-9,17H,10,12-13H2,1H3. The van der Waals surface area contributed by atoms with Crippen LogP contribution in [0.25, 0.3) is 0 Å². The lowest BCUT2D eigenvalue weighted by atomic mass is 9.99. The first-order valence-corrected chi connectivity index (χ1v) is 9.09. The van der Waals surface area contributed by atoms with Gasteiger partial charge in [-0.05, 0) is 35.4 Å². The molecule has 0 radical (unpaired) electrons. The molecule has 2 aromatic carbocycles. The van der Waals surface area contributed by atoms with Gasteiger partial charge in [0.1, 0.15) is 0 Å². The molecule has 24 heavy (non-hydrogen) atoms. The lowest BCUT2D eigenvalue weighted by Gasteiger charge is -2.28. The highest BCUT2D eigenvalue weighted by molar-refractivity contribution is 7.89. The summed E-state index contributed by atoms with van der Waals surface area (Å²) in [7, 11) is -2.04. The van der Waals surface area contributed by atoms with E-state index >= 15 is 0 Å². The van der Waals surface area contributed by atoms with Crippen molar-refractivity contribution in [1.29, 1.82) is 5.26 Å². The Hall–Kier alpha value is -2.20. The molecule has 0 spiro atoms. The van der Waals surface area contributed by atoms with E-state index in [9.17, 15) is 8.42 Å². The minimum absolute atomic E-state index is 0.168. The molecule has 124 valence electrons. The van der Waals surface area contributed by atoms with Crippen molar-refractivity contribution in [1.82, 2.24) is 4.31 Å². The fourth-order valence-corrected chi connectivity index (χ4v) is 4.00. The lowest BCUT2D eigenvalue weighted by Crippen LogP contribution is -2.38. The smallest absolute Gasteiger partial charge is 0.242 e. The maximum Gasteiger partial charge on any atom is 0.242 e. The van der Waals surface area contributed by atoms with Crippen LogP contribution in [0.4, 0.5) is 0 Å². The summed E-state index contributed by atoms with van der Waals surface area (Å²) in [6, 6.07) is 16.0. The first-order chi connectivity index (χ1) is 11.5. The summed E-state index contributed by atoms with van der Waals surface area (Å²) in [6.07, 6.45) is 0.529. The van der Waals surface area contributed by atoms with Gasteiger partial charge < -0.3 is 4.74 Å². The van der Waals surface area contributed by atoms with Gasteiger partial charge in [0.05, 0.1) is 29.2 Å². The van der Waals surface area contributed by atoms with Crippen LogP contribution in [0.5, 0.6) is 0 Å². The third-order valence-electron chi connectivity index (χ3n) is 4.19. The normalized spacial score (nSPS) is 17.3. The number of nitrogens with zero attached hydrogens (tertiary/aromatic N) is 2. The Morgan fingerprint density at radius 1 is 1.17 bits per heavy atom. The van der Waals surface area contributed by atoms with E-state index in [0.29, 0.717) is 18.6 Å². The van der Waals surface area contributed by atoms with E-state index in [1.807, 2.05) is 24.3 Å². The number of ether oxygens (including phenoxy) is 1. The summed E-state index contributed by atoms with van der Waals surface area (Å²) in [5.41, 5.74) is 2.80. The van der Waals surface area contributed by atoms with Crippen LogP contribution in [0.1, 0.15) is 16.7 Å². The molecule has 1 aliphatic rings. The SMILES string of the molecule is CN(CC1Cc2ccccc2CO1)S(=O)(=O)c1ccc(C#N)cc1. The summed E-state index contributed by atoms with van der Waals surface area (Å²) in [4.78, 5) is 0.181. The Kier molecular flexibility index (Phi) is 4.67. The largest absolute Gasteiger partial charge is 0.372 e. The van der Waals surface area contributed by atoms with E-state index in [4.69, 9.17) is 10.00 Å². The van der Waals surface area contributed by atoms with Crippen molar-refractivity contribution in [3.05, 3.63) is 65.2 Å². The summed E-state index contributed by atoms with van der Waals surface area (Å²) < 4.78 is 32.4. The van der Waals surface area contributed by atoms with E-state index in [-0.39, 0.29) is 17.5 Å². The van der Waals surface area contributed by atoms with E-state index in [1.54, 1.807) is 7.05 Å². The lowest BCUT2D eigenvalue weighted by molar-refractivity contribution is 0.0202.